The van der Waals surface area contributed by atoms with Gasteiger partial charge in [0.2, 0.25) is 5.76 Å². The van der Waals surface area contributed by atoms with Crippen LogP contribution in [-0.2, 0) is 0 Å². The number of nitrogens with one attached hydrogen (secondary N) is 1. The maximum atomic E-state index is 14.2. The van der Waals surface area contributed by atoms with Gasteiger partial charge in [-0.25, -0.2) is 13.8 Å². The topological polar surface area (TPSA) is 78.7 Å². The van der Waals surface area contributed by atoms with E-state index in [1.54, 1.807) is 35.4 Å². The Hall–Kier alpha value is -4.27. The molecule has 0 aliphatic carbocycles. The molecule has 1 aliphatic rings. The lowest BCUT2D eigenvalue weighted by Crippen LogP contribution is -2.49. The highest BCUT2D eigenvalue weighted by Crippen LogP contribution is 2.33. The molecule has 1 fully saturated rings. The summed E-state index contributed by atoms with van der Waals surface area (Å²) in [5, 5.41) is 2.97. The van der Waals surface area contributed by atoms with Gasteiger partial charge in [0.25, 0.3) is 11.8 Å². The molecular weight excluding hydrogens is 442 g/mol. The van der Waals surface area contributed by atoms with Gasteiger partial charge in [-0.15, -0.1) is 0 Å². The Kier molecular flexibility index (Phi) is 5.67. The van der Waals surface area contributed by atoms with E-state index in [9.17, 15) is 18.4 Å². The standard InChI is InChI=1S/C25H20F2N4O3/c26-17-7-5-8-18(27)21(17)24(32)29-22-16-6-1-2-9-19(16)34-23(22)25(33)31-14-12-30(13-15-31)20-10-3-4-11-28-20/h1-11H,12-15H2,(H,29,32). The third-order valence-electron chi connectivity index (χ3n) is 5.76. The number of rotatable bonds is 4. The summed E-state index contributed by atoms with van der Waals surface area (Å²) in [6.45, 7) is 1.99. The van der Waals surface area contributed by atoms with Crippen molar-refractivity contribution < 1.29 is 22.8 Å². The van der Waals surface area contributed by atoms with Gasteiger partial charge in [-0.1, -0.05) is 24.3 Å². The van der Waals surface area contributed by atoms with Crippen LogP contribution in [0.4, 0.5) is 20.3 Å². The van der Waals surface area contributed by atoms with E-state index in [4.69, 9.17) is 4.42 Å². The van der Waals surface area contributed by atoms with Crippen LogP contribution in [0.15, 0.2) is 71.3 Å². The highest BCUT2D eigenvalue weighted by molar-refractivity contribution is 6.14. The maximum Gasteiger partial charge on any atom is 0.291 e. The molecule has 9 heteroatoms. The number of piperazine rings is 1. The van der Waals surface area contributed by atoms with Crippen molar-refractivity contribution in [1.82, 2.24) is 9.88 Å². The van der Waals surface area contributed by atoms with Crippen molar-refractivity contribution >= 4 is 34.3 Å². The molecule has 0 saturated carbocycles. The number of furan rings is 1. The fourth-order valence-corrected chi connectivity index (χ4v) is 4.03. The molecule has 0 bridgehead atoms. The number of hydrogen-bond acceptors (Lipinski definition) is 5. The first kappa shape index (κ1) is 21.6. The van der Waals surface area contributed by atoms with Crippen molar-refractivity contribution in [3.8, 4) is 0 Å². The molecule has 1 N–H and O–H groups in total. The van der Waals surface area contributed by atoms with Crippen molar-refractivity contribution in [3.05, 3.63) is 89.8 Å². The van der Waals surface area contributed by atoms with Crippen molar-refractivity contribution in [1.29, 1.82) is 0 Å². The summed E-state index contributed by atoms with van der Waals surface area (Å²) >= 11 is 0. The summed E-state index contributed by atoms with van der Waals surface area (Å²) in [6.07, 6.45) is 1.72. The lowest BCUT2D eigenvalue weighted by atomic mass is 10.1. The Labute approximate surface area is 193 Å². The van der Waals surface area contributed by atoms with E-state index in [1.165, 1.54) is 6.07 Å². The minimum Gasteiger partial charge on any atom is -0.449 e. The summed E-state index contributed by atoms with van der Waals surface area (Å²) in [6, 6.07) is 15.6. The first-order chi connectivity index (χ1) is 16.5. The molecule has 2 aromatic carbocycles. The molecule has 0 unspecified atom stereocenters. The van der Waals surface area contributed by atoms with Gasteiger partial charge in [0, 0.05) is 37.8 Å². The number of pyridine rings is 1. The zero-order valence-electron chi connectivity index (χ0n) is 18.0. The minimum atomic E-state index is -1.00. The lowest BCUT2D eigenvalue weighted by molar-refractivity contribution is 0.0718. The molecule has 3 heterocycles. The van der Waals surface area contributed by atoms with Gasteiger partial charge in [-0.05, 0) is 36.4 Å². The molecule has 0 spiro atoms. The normalized spacial score (nSPS) is 13.8. The SMILES string of the molecule is O=C(Nc1c(C(=O)N2CCN(c3ccccn3)CC2)oc2ccccc12)c1c(F)cccc1F. The van der Waals surface area contributed by atoms with Crippen LogP contribution in [-0.4, -0.2) is 47.9 Å². The largest absolute Gasteiger partial charge is 0.449 e. The summed E-state index contributed by atoms with van der Waals surface area (Å²) in [7, 11) is 0. The number of para-hydroxylation sites is 1. The average Bonchev–Trinajstić information content (AvgIpc) is 3.22. The van der Waals surface area contributed by atoms with Gasteiger partial charge in [-0.3, -0.25) is 9.59 Å². The molecule has 0 atom stereocenters. The molecule has 2 aromatic heterocycles. The predicted octanol–water partition coefficient (Wildman–Crippen LogP) is 4.32. The van der Waals surface area contributed by atoms with E-state index < -0.39 is 29.0 Å². The third kappa shape index (κ3) is 3.96. The van der Waals surface area contributed by atoms with Crippen LogP contribution in [0.25, 0.3) is 11.0 Å². The lowest BCUT2D eigenvalue weighted by Gasteiger charge is -2.35. The Bertz CT molecular complexity index is 1350. The zero-order valence-corrected chi connectivity index (χ0v) is 18.0. The maximum absolute atomic E-state index is 14.2. The third-order valence-corrected chi connectivity index (χ3v) is 5.76. The van der Waals surface area contributed by atoms with Crippen molar-refractivity contribution in [3.63, 3.8) is 0 Å². The fourth-order valence-electron chi connectivity index (χ4n) is 4.03. The second-order valence-electron chi connectivity index (χ2n) is 7.82. The summed E-state index contributed by atoms with van der Waals surface area (Å²) in [5.74, 6) is -2.67. The monoisotopic (exact) mass is 462 g/mol. The Balaban J connectivity index is 1.42. The molecule has 1 saturated heterocycles. The first-order valence-electron chi connectivity index (χ1n) is 10.7. The number of hydrogen-bond donors (Lipinski definition) is 1. The molecule has 1 aliphatic heterocycles. The van der Waals surface area contributed by atoms with E-state index in [-0.39, 0.29) is 11.4 Å². The predicted molar refractivity (Wildman–Crippen MR) is 123 cm³/mol. The summed E-state index contributed by atoms with van der Waals surface area (Å²) in [5.41, 5.74) is -0.266. The number of fused-ring (bicyclic) bond motifs is 1. The van der Waals surface area contributed by atoms with Gasteiger partial charge in [-0.2, -0.15) is 0 Å². The number of carbonyl (C=O) groups is 2. The zero-order chi connectivity index (χ0) is 23.7. The van der Waals surface area contributed by atoms with Gasteiger partial charge >= 0.3 is 0 Å². The number of nitrogens with zero attached hydrogens (tertiary/aromatic N) is 3. The fraction of sp³-hybridized carbons (Fsp3) is 0.160. The number of anilines is 2. The molecular formula is C25H20F2N4O3. The van der Waals surface area contributed by atoms with Crippen LogP contribution in [0.2, 0.25) is 0 Å². The van der Waals surface area contributed by atoms with Crippen LogP contribution < -0.4 is 10.2 Å². The molecule has 172 valence electrons. The molecule has 7 nitrogen and oxygen atoms in total. The minimum absolute atomic E-state index is 0.0837. The number of amides is 2. The summed E-state index contributed by atoms with van der Waals surface area (Å²) in [4.78, 5) is 34.2. The van der Waals surface area contributed by atoms with E-state index in [2.05, 4.69) is 15.2 Å². The van der Waals surface area contributed by atoms with Crippen molar-refractivity contribution in [2.24, 2.45) is 0 Å². The van der Waals surface area contributed by atoms with Crippen LogP contribution in [0.1, 0.15) is 20.9 Å². The number of halogens is 2. The number of benzene rings is 2. The van der Waals surface area contributed by atoms with Crippen LogP contribution in [0, 0.1) is 11.6 Å². The van der Waals surface area contributed by atoms with Gasteiger partial charge in [0.05, 0.1) is 0 Å². The van der Waals surface area contributed by atoms with Gasteiger partial charge in [0.15, 0.2) is 0 Å². The van der Waals surface area contributed by atoms with Crippen LogP contribution >= 0.6 is 0 Å². The number of carbonyl (C=O) groups excluding carboxylic acids is 2. The number of aromatic nitrogens is 1. The van der Waals surface area contributed by atoms with Crippen molar-refractivity contribution in [2.45, 2.75) is 0 Å². The molecule has 34 heavy (non-hydrogen) atoms. The highest BCUT2D eigenvalue weighted by atomic mass is 19.1. The summed E-state index contributed by atoms with van der Waals surface area (Å²) < 4.78 is 34.1. The van der Waals surface area contributed by atoms with Gasteiger partial charge in [0.1, 0.15) is 34.3 Å². The Morgan fingerprint density at radius 1 is 0.882 bits per heavy atom. The second-order valence-corrected chi connectivity index (χ2v) is 7.82. The first-order valence-corrected chi connectivity index (χ1v) is 10.7. The molecule has 5 rings (SSSR count). The van der Waals surface area contributed by atoms with E-state index in [0.29, 0.717) is 37.1 Å². The highest BCUT2D eigenvalue weighted by Gasteiger charge is 2.30. The Morgan fingerprint density at radius 2 is 1.59 bits per heavy atom. The molecule has 4 aromatic rings. The average molecular weight is 462 g/mol. The molecule has 0 radical (unpaired) electrons. The van der Waals surface area contributed by atoms with E-state index >= 15 is 0 Å². The van der Waals surface area contributed by atoms with E-state index in [0.717, 1.165) is 18.0 Å². The second kappa shape index (κ2) is 8.93. The van der Waals surface area contributed by atoms with Gasteiger partial charge < -0.3 is 19.5 Å². The van der Waals surface area contributed by atoms with Crippen LogP contribution in [0.3, 0.4) is 0 Å². The quantitative estimate of drug-likeness (QED) is 0.489. The molecule has 2 amide bonds. The van der Waals surface area contributed by atoms with E-state index in [1.807, 2.05) is 18.2 Å². The van der Waals surface area contributed by atoms with Crippen molar-refractivity contribution in [2.75, 3.05) is 36.4 Å². The Morgan fingerprint density at radius 3 is 2.29 bits per heavy atom. The van der Waals surface area contributed by atoms with Crippen LogP contribution in [0.5, 0.6) is 0 Å². The smallest absolute Gasteiger partial charge is 0.291 e.